The Kier molecular flexibility index (Phi) is 4.11. The van der Waals surface area contributed by atoms with E-state index in [0.717, 1.165) is 6.42 Å². The average Bonchev–Trinajstić information content (AvgIpc) is 2.65. The van der Waals surface area contributed by atoms with E-state index in [2.05, 4.69) is 19.1 Å². The first kappa shape index (κ1) is 11.7. The van der Waals surface area contributed by atoms with Gasteiger partial charge in [0, 0.05) is 22.7 Å². The molecular formula is C11H19NOS. The van der Waals surface area contributed by atoms with Crippen LogP contribution in [-0.2, 0) is 12.8 Å². The van der Waals surface area contributed by atoms with Crippen LogP contribution in [-0.4, -0.2) is 17.3 Å². The zero-order chi connectivity index (χ0) is 10.6. The van der Waals surface area contributed by atoms with E-state index in [1.165, 1.54) is 9.75 Å². The molecule has 0 aliphatic heterocycles. The fourth-order valence-electron chi connectivity index (χ4n) is 1.37. The van der Waals surface area contributed by atoms with E-state index in [9.17, 15) is 5.11 Å². The minimum absolute atomic E-state index is 0.336. The summed E-state index contributed by atoms with van der Waals surface area (Å²) in [6.07, 6.45) is 2.46. The number of rotatable bonds is 5. The highest BCUT2D eigenvalue weighted by molar-refractivity contribution is 7.12. The monoisotopic (exact) mass is 213 g/mol. The summed E-state index contributed by atoms with van der Waals surface area (Å²) in [5.74, 6) is 0. The van der Waals surface area contributed by atoms with Gasteiger partial charge in [0.1, 0.15) is 0 Å². The zero-order valence-corrected chi connectivity index (χ0v) is 9.73. The molecule has 0 amide bonds. The van der Waals surface area contributed by atoms with Crippen molar-refractivity contribution in [2.75, 3.05) is 6.54 Å². The highest BCUT2D eigenvalue weighted by Gasteiger charge is 2.23. The summed E-state index contributed by atoms with van der Waals surface area (Å²) in [5.41, 5.74) is 4.85. The third kappa shape index (κ3) is 2.80. The Bertz CT molecular complexity index is 279. The summed E-state index contributed by atoms with van der Waals surface area (Å²) in [5, 5.41) is 10.0. The number of nitrogens with two attached hydrogens (primary N) is 1. The molecule has 1 atom stereocenters. The molecule has 0 saturated heterocycles. The van der Waals surface area contributed by atoms with Crippen LogP contribution >= 0.6 is 11.3 Å². The molecule has 0 aliphatic rings. The standard InChI is InChI=1S/C11H19NOS/c1-3-9-5-6-10(14-9)7-11(13,4-2)8-12/h5-6,13H,3-4,7-8,12H2,1-2H3. The Morgan fingerprint density at radius 2 is 2.00 bits per heavy atom. The molecule has 1 unspecified atom stereocenters. The third-order valence-corrected chi connectivity index (χ3v) is 3.84. The molecule has 1 aromatic rings. The van der Waals surface area contributed by atoms with Gasteiger partial charge in [-0.05, 0) is 25.0 Å². The summed E-state index contributed by atoms with van der Waals surface area (Å²) in [4.78, 5) is 2.60. The highest BCUT2D eigenvalue weighted by Crippen LogP contribution is 2.23. The number of thiophene rings is 1. The summed E-state index contributed by atoms with van der Waals surface area (Å²) < 4.78 is 0. The van der Waals surface area contributed by atoms with E-state index < -0.39 is 5.60 Å². The molecule has 0 bridgehead atoms. The minimum atomic E-state index is -0.712. The molecule has 0 fully saturated rings. The van der Waals surface area contributed by atoms with E-state index in [0.29, 0.717) is 19.4 Å². The lowest BCUT2D eigenvalue weighted by molar-refractivity contribution is 0.0464. The summed E-state index contributed by atoms with van der Waals surface area (Å²) >= 11 is 1.77. The molecule has 0 spiro atoms. The van der Waals surface area contributed by atoms with Crippen molar-refractivity contribution in [3.05, 3.63) is 21.9 Å². The van der Waals surface area contributed by atoms with Gasteiger partial charge in [-0.25, -0.2) is 0 Å². The van der Waals surface area contributed by atoms with Crippen LogP contribution in [0.2, 0.25) is 0 Å². The van der Waals surface area contributed by atoms with Crippen molar-refractivity contribution in [1.82, 2.24) is 0 Å². The first-order valence-electron chi connectivity index (χ1n) is 5.13. The van der Waals surface area contributed by atoms with Crippen LogP contribution in [0.5, 0.6) is 0 Å². The molecule has 3 N–H and O–H groups in total. The van der Waals surface area contributed by atoms with Crippen molar-refractivity contribution in [1.29, 1.82) is 0 Å². The van der Waals surface area contributed by atoms with E-state index in [1.807, 2.05) is 6.92 Å². The van der Waals surface area contributed by atoms with Gasteiger partial charge in [-0.2, -0.15) is 0 Å². The molecular weight excluding hydrogens is 194 g/mol. The van der Waals surface area contributed by atoms with Crippen molar-refractivity contribution in [3.63, 3.8) is 0 Å². The second kappa shape index (κ2) is 4.91. The quantitative estimate of drug-likeness (QED) is 0.785. The fraction of sp³-hybridized carbons (Fsp3) is 0.636. The van der Waals surface area contributed by atoms with Gasteiger partial charge < -0.3 is 10.8 Å². The van der Waals surface area contributed by atoms with Crippen LogP contribution in [0.4, 0.5) is 0 Å². The molecule has 80 valence electrons. The van der Waals surface area contributed by atoms with Gasteiger partial charge in [0.05, 0.1) is 5.60 Å². The molecule has 3 heteroatoms. The summed E-state index contributed by atoms with van der Waals surface area (Å²) in [7, 11) is 0. The minimum Gasteiger partial charge on any atom is -0.388 e. The molecule has 1 rings (SSSR count). The van der Waals surface area contributed by atoms with Gasteiger partial charge in [-0.3, -0.25) is 0 Å². The number of aliphatic hydroxyl groups is 1. The molecule has 2 nitrogen and oxygen atoms in total. The zero-order valence-electron chi connectivity index (χ0n) is 8.92. The van der Waals surface area contributed by atoms with Crippen LogP contribution in [0.25, 0.3) is 0 Å². The highest BCUT2D eigenvalue weighted by atomic mass is 32.1. The average molecular weight is 213 g/mol. The SMILES string of the molecule is CCc1ccc(CC(O)(CC)CN)s1. The summed E-state index contributed by atoms with van der Waals surface area (Å²) in [6.45, 7) is 4.45. The molecule has 1 aromatic heterocycles. The summed E-state index contributed by atoms with van der Waals surface area (Å²) in [6, 6.07) is 4.23. The predicted octanol–water partition coefficient (Wildman–Crippen LogP) is 1.95. The third-order valence-electron chi connectivity index (χ3n) is 2.61. The Morgan fingerprint density at radius 1 is 1.36 bits per heavy atom. The second-order valence-electron chi connectivity index (χ2n) is 3.68. The predicted molar refractivity (Wildman–Crippen MR) is 61.7 cm³/mol. The number of aryl methyl sites for hydroxylation is 1. The largest absolute Gasteiger partial charge is 0.388 e. The smallest absolute Gasteiger partial charge is 0.0814 e. The van der Waals surface area contributed by atoms with E-state index >= 15 is 0 Å². The van der Waals surface area contributed by atoms with Crippen molar-refractivity contribution in [3.8, 4) is 0 Å². The second-order valence-corrected chi connectivity index (χ2v) is 4.93. The van der Waals surface area contributed by atoms with Crippen molar-refractivity contribution in [2.24, 2.45) is 5.73 Å². The molecule has 14 heavy (non-hydrogen) atoms. The van der Waals surface area contributed by atoms with Crippen LogP contribution < -0.4 is 5.73 Å². The van der Waals surface area contributed by atoms with Crippen molar-refractivity contribution in [2.45, 2.75) is 38.7 Å². The molecule has 0 radical (unpaired) electrons. The van der Waals surface area contributed by atoms with Gasteiger partial charge in [-0.1, -0.05) is 13.8 Å². The topological polar surface area (TPSA) is 46.2 Å². The molecule has 0 aliphatic carbocycles. The van der Waals surface area contributed by atoms with E-state index in [4.69, 9.17) is 5.73 Å². The van der Waals surface area contributed by atoms with Gasteiger partial charge in [-0.15, -0.1) is 11.3 Å². The van der Waals surface area contributed by atoms with Crippen molar-refractivity contribution < 1.29 is 5.11 Å². The first-order valence-corrected chi connectivity index (χ1v) is 5.95. The Labute approximate surface area is 89.8 Å². The van der Waals surface area contributed by atoms with Crippen LogP contribution in [0.3, 0.4) is 0 Å². The van der Waals surface area contributed by atoms with Crippen LogP contribution in [0.15, 0.2) is 12.1 Å². The maximum absolute atomic E-state index is 10.0. The lowest BCUT2D eigenvalue weighted by Crippen LogP contribution is -2.38. The van der Waals surface area contributed by atoms with Gasteiger partial charge in [0.25, 0.3) is 0 Å². The Hall–Kier alpha value is -0.380. The van der Waals surface area contributed by atoms with Crippen LogP contribution in [0, 0.1) is 0 Å². The van der Waals surface area contributed by atoms with Crippen LogP contribution in [0.1, 0.15) is 30.0 Å². The van der Waals surface area contributed by atoms with E-state index in [1.54, 1.807) is 11.3 Å². The van der Waals surface area contributed by atoms with Gasteiger partial charge >= 0.3 is 0 Å². The lowest BCUT2D eigenvalue weighted by Gasteiger charge is -2.23. The fourth-order valence-corrected chi connectivity index (χ4v) is 2.47. The Morgan fingerprint density at radius 3 is 2.43 bits per heavy atom. The molecule has 0 aromatic carbocycles. The first-order chi connectivity index (χ1) is 6.63. The maximum atomic E-state index is 10.0. The maximum Gasteiger partial charge on any atom is 0.0814 e. The van der Waals surface area contributed by atoms with E-state index in [-0.39, 0.29) is 0 Å². The number of hydrogen-bond acceptors (Lipinski definition) is 3. The normalized spacial score (nSPS) is 15.4. The lowest BCUT2D eigenvalue weighted by atomic mass is 9.96. The molecule has 1 heterocycles. The van der Waals surface area contributed by atoms with Crippen molar-refractivity contribution >= 4 is 11.3 Å². The van der Waals surface area contributed by atoms with Gasteiger partial charge in [0.15, 0.2) is 0 Å². The molecule has 0 saturated carbocycles. The number of hydrogen-bond donors (Lipinski definition) is 2. The van der Waals surface area contributed by atoms with Gasteiger partial charge in [0.2, 0.25) is 0 Å². The Balaban J connectivity index is 2.67.